The minimum atomic E-state index is -0.605. The Labute approximate surface area is 128 Å². The summed E-state index contributed by atoms with van der Waals surface area (Å²) in [4.78, 5) is 12.9. The first-order valence-corrected chi connectivity index (χ1v) is 7.54. The Morgan fingerprint density at radius 3 is 2.67 bits per heavy atom. The highest BCUT2D eigenvalue weighted by atomic mass is 32.1. The highest BCUT2D eigenvalue weighted by molar-refractivity contribution is 7.11. The Bertz CT molecular complexity index is 615. The maximum absolute atomic E-state index is 11.9. The van der Waals surface area contributed by atoms with Crippen LogP contribution in [0, 0.1) is 13.8 Å². The maximum atomic E-state index is 11.9. The minimum absolute atomic E-state index is 0.276. The number of hydrazone groups is 1. The molecule has 5 heteroatoms. The van der Waals surface area contributed by atoms with Crippen molar-refractivity contribution in [2.24, 2.45) is 5.10 Å². The SMILES string of the molecule is Cc1cc(C)cc(O[C@@H](C)C(=O)N/N=C/c2cccs2)c1. The lowest BCUT2D eigenvalue weighted by Gasteiger charge is -2.14. The van der Waals surface area contributed by atoms with E-state index in [0.717, 1.165) is 16.0 Å². The van der Waals surface area contributed by atoms with Gasteiger partial charge in [-0.2, -0.15) is 5.10 Å². The number of hydrogen-bond acceptors (Lipinski definition) is 4. The summed E-state index contributed by atoms with van der Waals surface area (Å²) in [6, 6.07) is 9.73. The molecule has 1 aromatic heterocycles. The molecule has 1 amide bonds. The van der Waals surface area contributed by atoms with Crippen LogP contribution in [0.1, 0.15) is 22.9 Å². The van der Waals surface area contributed by atoms with Crippen molar-refractivity contribution >= 4 is 23.5 Å². The van der Waals surface area contributed by atoms with Crippen LogP contribution in [0.25, 0.3) is 0 Å². The van der Waals surface area contributed by atoms with Gasteiger partial charge in [-0.3, -0.25) is 4.79 Å². The summed E-state index contributed by atoms with van der Waals surface area (Å²) in [7, 11) is 0. The third kappa shape index (κ3) is 4.72. The van der Waals surface area contributed by atoms with E-state index in [0.29, 0.717) is 5.75 Å². The molecule has 0 aliphatic rings. The number of hydrogen-bond donors (Lipinski definition) is 1. The first-order chi connectivity index (χ1) is 10.0. The summed E-state index contributed by atoms with van der Waals surface area (Å²) in [5.74, 6) is 0.416. The second-order valence-electron chi connectivity index (χ2n) is 4.83. The molecular formula is C16H18N2O2S. The maximum Gasteiger partial charge on any atom is 0.280 e. The molecule has 0 aliphatic heterocycles. The van der Waals surface area contributed by atoms with Gasteiger partial charge in [-0.1, -0.05) is 12.1 Å². The lowest BCUT2D eigenvalue weighted by Crippen LogP contribution is -2.33. The fourth-order valence-corrected chi connectivity index (χ4v) is 2.46. The molecule has 0 spiro atoms. The van der Waals surface area contributed by atoms with Crippen molar-refractivity contribution in [3.8, 4) is 5.75 Å². The number of thiophene rings is 1. The van der Waals surface area contributed by atoms with E-state index in [1.807, 2.05) is 43.5 Å². The van der Waals surface area contributed by atoms with Crippen LogP contribution >= 0.6 is 11.3 Å². The Hall–Kier alpha value is -2.14. The number of carbonyl (C=O) groups excluding carboxylic acids is 1. The molecular weight excluding hydrogens is 284 g/mol. The normalized spacial score (nSPS) is 12.3. The summed E-state index contributed by atoms with van der Waals surface area (Å²) < 4.78 is 5.64. The summed E-state index contributed by atoms with van der Waals surface area (Å²) in [6.07, 6.45) is 1.01. The van der Waals surface area contributed by atoms with Crippen LogP contribution in [0.3, 0.4) is 0 Å². The van der Waals surface area contributed by atoms with Crippen molar-refractivity contribution in [1.82, 2.24) is 5.43 Å². The number of rotatable bonds is 5. The van der Waals surface area contributed by atoms with Crippen molar-refractivity contribution in [3.05, 3.63) is 51.7 Å². The van der Waals surface area contributed by atoms with Gasteiger partial charge in [0.05, 0.1) is 6.21 Å². The lowest BCUT2D eigenvalue weighted by atomic mass is 10.1. The topological polar surface area (TPSA) is 50.7 Å². The number of aryl methyl sites for hydroxylation is 2. The predicted molar refractivity (Wildman–Crippen MR) is 86.1 cm³/mol. The van der Waals surface area contributed by atoms with E-state index in [1.165, 1.54) is 0 Å². The monoisotopic (exact) mass is 302 g/mol. The molecule has 0 aliphatic carbocycles. The Kier molecular flexibility index (Phi) is 5.11. The molecule has 1 atom stereocenters. The molecule has 0 saturated carbocycles. The van der Waals surface area contributed by atoms with E-state index < -0.39 is 6.10 Å². The zero-order valence-corrected chi connectivity index (χ0v) is 13.1. The molecule has 110 valence electrons. The molecule has 0 bridgehead atoms. The minimum Gasteiger partial charge on any atom is -0.481 e. The zero-order chi connectivity index (χ0) is 15.2. The van der Waals surface area contributed by atoms with Crippen molar-refractivity contribution in [2.75, 3.05) is 0 Å². The second-order valence-corrected chi connectivity index (χ2v) is 5.81. The molecule has 2 aromatic rings. The number of carbonyl (C=O) groups is 1. The third-order valence-electron chi connectivity index (χ3n) is 2.79. The smallest absolute Gasteiger partial charge is 0.280 e. The molecule has 0 unspecified atom stereocenters. The molecule has 1 heterocycles. The van der Waals surface area contributed by atoms with E-state index in [2.05, 4.69) is 16.6 Å². The van der Waals surface area contributed by atoms with Crippen molar-refractivity contribution in [1.29, 1.82) is 0 Å². The van der Waals surface area contributed by atoms with E-state index in [1.54, 1.807) is 24.5 Å². The van der Waals surface area contributed by atoms with Crippen LogP contribution in [-0.4, -0.2) is 18.2 Å². The molecule has 1 aromatic carbocycles. The largest absolute Gasteiger partial charge is 0.481 e. The van der Waals surface area contributed by atoms with E-state index in [4.69, 9.17) is 4.74 Å². The van der Waals surface area contributed by atoms with E-state index in [-0.39, 0.29) is 5.91 Å². The van der Waals surface area contributed by atoms with Crippen LogP contribution in [0.4, 0.5) is 0 Å². The summed E-state index contributed by atoms with van der Waals surface area (Å²) >= 11 is 1.56. The standard InChI is InChI=1S/C16H18N2O2S/c1-11-7-12(2)9-14(8-11)20-13(3)16(19)18-17-10-15-5-4-6-21-15/h4-10,13H,1-3H3,(H,18,19)/b17-10+/t13-/m0/s1. The van der Waals surface area contributed by atoms with Gasteiger partial charge < -0.3 is 4.74 Å². The van der Waals surface area contributed by atoms with Gasteiger partial charge in [-0.15, -0.1) is 11.3 Å². The highest BCUT2D eigenvalue weighted by Gasteiger charge is 2.14. The first kappa shape index (κ1) is 15.3. The van der Waals surface area contributed by atoms with E-state index in [9.17, 15) is 4.79 Å². The van der Waals surface area contributed by atoms with Gasteiger partial charge in [0.15, 0.2) is 6.10 Å². The van der Waals surface area contributed by atoms with Gasteiger partial charge in [0.1, 0.15) is 5.75 Å². The molecule has 0 saturated heterocycles. The van der Waals surface area contributed by atoms with Crippen LogP contribution < -0.4 is 10.2 Å². The van der Waals surface area contributed by atoms with Gasteiger partial charge in [0.25, 0.3) is 5.91 Å². The number of ether oxygens (including phenoxy) is 1. The van der Waals surface area contributed by atoms with Crippen molar-refractivity contribution < 1.29 is 9.53 Å². The predicted octanol–water partition coefficient (Wildman–Crippen LogP) is 3.28. The van der Waals surface area contributed by atoms with Gasteiger partial charge in [0.2, 0.25) is 0 Å². The van der Waals surface area contributed by atoms with E-state index >= 15 is 0 Å². The molecule has 4 nitrogen and oxygen atoms in total. The Balaban J connectivity index is 1.90. The zero-order valence-electron chi connectivity index (χ0n) is 12.3. The van der Waals surface area contributed by atoms with Crippen molar-refractivity contribution in [2.45, 2.75) is 26.9 Å². The average Bonchev–Trinajstić information content (AvgIpc) is 2.90. The third-order valence-corrected chi connectivity index (χ3v) is 3.59. The average molecular weight is 302 g/mol. The van der Waals surface area contributed by atoms with Gasteiger partial charge >= 0.3 is 0 Å². The molecule has 21 heavy (non-hydrogen) atoms. The Morgan fingerprint density at radius 1 is 1.33 bits per heavy atom. The number of benzene rings is 1. The lowest BCUT2D eigenvalue weighted by molar-refractivity contribution is -0.127. The van der Waals surface area contributed by atoms with Gasteiger partial charge in [0, 0.05) is 4.88 Å². The van der Waals surface area contributed by atoms with Crippen molar-refractivity contribution in [3.63, 3.8) is 0 Å². The molecule has 0 fully saturated rings. The first-order valence-electron chi connectivity index (χ1n) is 6.66. The number of nitrogens with one attached hydrogen (secondary N) is 1. The number of nitrogens with zero attached hydrogens (tertiary/aromatic N) is 1. The van der Waals surface area contributed by atoms with Crippen LogP contribution in [-0.2, 0) is 4.79 Å². The molecule has 1 N–H and O–H groups in total. The molecule has 2 rings (SSSR count). The summed E-state index contributed by atoms with van der Waals surface area (Å²) in [5, 5.41) is 5.87. The summed E-state index contributed by atoms with van der Waals surface area (Å²) in [6.45, 7) is 5.69. The fraction of sp³-hybridized carbons (Fsp3) is 0.250. The van der Waals surface area contributed by atoms with Gasteiger partial charge in [-0.05, 0) is 55.5 Å². The van der Waals surface area contributed by atoms with Gasteiger partial charge in [-0.25, -0.2) is 5.43 Å². The van der Waals surface area contributed by atoms with Crippen LogP contribution in [0.2, 0.25) is 0 Å². The highest BCUT2D eigenvalue weighted by Crippen LogP contribution is 2.17. The molecule has 0 radical (unpaired) electrons. The summed E-state index contributed by atoms with van der Waals surface area (Å²) in [5.41, 5.74) is 4.69. The van der Waals surface area contributed by atoms with Crippen LogP contribution in [0.5, 0.6) is 5.75 Å². The van der Waals surface area contributed by atoms with Crippen LogP contribution in [0.15, 0.2) is 40.8 Å². The second kappa shape index (κ2) is 7.04. The Morgan fingerprint density at radius 2 is 2.05 bits per heavy atom. The fourth-order valence-electron chi connectivity index (χ4n) is 1.87. The quantitative estimate of drug-likeness (QED) is 0.680. The number of amides is 1.